The largest absolute Gasteiger partial charge is 0.378 e. The summed E-state index contributed by atoms with van der Waals surface area (Å²) in [5.74, 6) is 0. The van der Waals surface area contributed by atoms with Crippen LogP contribution in [-0.4, -0.2) is 60.4 Å². The Balaban J connectivity index is 1.90. The van der Waals surface area contributed by atoms with Gasteiger partial charge in [0.25, 0.3) is 0 Å². The molecular weight excluding hydrogens is 228 g/mol. The molecule has 0 amide bonds. The summed E-state index contributed by atoms with van der Waals surface area (Å²) in [7, 11) is -3.02. The van der Waals surface area contributed by atoms with Gasteiger partial charge in [0, 0.05) is 26.2 Å². The van der Waals surface area contributed by atoms with Crippen molar-refractivity contribution in [2.24, 2.45) is 0 Å². The number of hydrogen-bond donors (Lipinski definition) is 1. The van der Waals surface area contributed by atoms with Gasteiger partial charge >= 0.3 is 0 Å². The van der Waals surface area contributed by atoms with Crippen LogP contribution in [0.2, 0.25) is 0 Å². The second kappa shape index (κ2) is 4.60. The summed E-state index contributed by atoms with van der Waals surface area (Å²) >= 11 is 0. The van der Waals surface area contributed by atoms with Gasteiger partial charge in [0.2, 0.25) is 10.0 Å². The Hall–Kier alpha value is -0.170. The van der Waals surface area contributed by atoms with Gasteiger partial charge in [0.15, 0.2) is 0 Å². The van der Waals surface area contributed by atoms with E-state index in [-0.39, 0.29) is 5.25 Å². The van der Waals surface area contributed by atoms with E-state index in [1.807, 2.05) is 11.8 Å². The zero-order valence-electron chi connectivity index (χ0n) is 9.67. The van der Waals surface area contributed by atoms with Gasteiger partial charge < -0.3 is 5.11 Å². The minimum absolute atomic E-state index is 0.116. The third-order valence-corrected chi connectivity index (χ3v) is 5.76. The maximum absolute atomic E-state index is 11.9. The molecule has 1 saturated heterocycles. The summed E-state index contributed by atoms with van der Waals surface area (Å²) in [4.78, 5) is 1.94. The Morgan fingerprint density at radius 2 is 1.81 bits per heavy atom. The summed E-state index contributed by atoms with van der Waals surface area (Å²) in [5.41, 5.74) is 0. The van der Waals surface area contributed by atoms with E-state index in [0.29, 0.717) is 32.6 Å². The van der Waals surface area contributed by atoms with Gasteiger partial charge in [-0.15, -0.1) is 0 Å². The zero-order chi connectivity index (χ0) is 11.8. The second-order valence-electron chi connectivity index (χ2n) is 4.57. The van der Waals surface area contributed by atoms with E-state index in [2.05, 4.69) is 0 Å². The van der Waals surface area contributed by atoms with Crippen LogP contribution in [-0.2, 0) is 10.0 Å². The average Bonchev–Trinajstić information content (AvgIpc) is 3.12. The second-order valence-corrected chi connectivity index (χ2v) is 6.78. The Bertz CT molecular complexity index is 332. The number of aliphatic hydroxyl groups is 1. The molecule has 0 radical (unpaired) electrons. The molecule has 1 aliphatic heterocycles. The molecule has 0 spiro atoms. The Morgan fingerprint density at radius 1 is 1.25 bits per heavy atom. The van der Waals surface area contributed by atoms with Crippen molar-refractivity contribution >= 4 is 10.0 Å². The summed E-state index contributed by atoms with van der Waals surface area (Å²) in [6, 6.07) is 0. The van der Waals surface area contributed by atoms with Gasteiger partial charge in [-0.05, 0) is 19.3 Å². The lowest BCUT2D eigenvalue weighted by Crippen LogP contribution is -2.52. The van der Waals surface area contributed by atoms with E-state index in [4.69, 9.17) is 0 Å². The van der Waals surface area contributed by atoms with Crippen molar-refractivity contribution < 1.29 is 13.5 Å². The van der Waals surface area contributed by atoms with Crippen LogP contribution in [0.25, 0.3) is 0 Å². The number of hydrogen-bond acceptors (Lipinski definition) is 4. The predicted molar refractivity (Wildman–Crippen MR) is 61.4 cm³/mol. The molecule has 6 heteroatoms. The van der Waals surface area contributed by atoms with Gasteiger partial charge in [-0.25, -0.2) is 8.42 Å². The van der Waals surface area contributed by atoms with Gasteiger partial charge in [0.1, 0.15) is 6.23 Å². The molecule has 1 unspecified atom stereocenters. The van der Waals surface area contributed by atoms with Crippen LogP contribution in [0.1, 0.15) is 26.2 Å². The molecule has 1 N–H and O–H groups in total. The maximum Gasteiger partial charge on any atom is 0.217 e. The summed E-state index contributed by atoms with van der Waals surface area (Å²) in [6.45, 7) is 4.26. The van der Waals surface area contributed by atoms with Crippen LogP contribution in [0.15, 0.2) is 0 Å². The molecule has 1 atom stereocenters. The summed E-state index contributed by atoms with van der Waals surface area (Å²) in [6.07, 6.45) is 1.90. The van der Waals surface area contributed by atoms with E-state index in [0.717, 1.165) is 12.8 Å². The SMILES string of the molecule is CCC(O)N1CCN(S(=O)(=O)C2CC2)CC1. The highest BCUT2D eigenvalue weighted by Gasteiger charge is 2.41. The van der Waals surface area contributed by atoms with Gasteiger partial charge in [-0.1, -0.05) is 6.92 Å². The van der Waals surface area contributed by atoms with E-state index in [9.17, 15) is 13.5 Å². The molecule has 1 heterocycles. The minimum atomic E-state index is -3.02. The first-order chi connectivity index (χ1) is 7.55. The number of rotatable bonds is 4. The highest BCUT2D eigenvalue weighted by Crippen LogP contribution is 2.31. The first kappa shape index (κ1) is 12.3. The van der Waals surface area contributed by atoms with Crippen LogP contribution in [0, 0.1) is 0 Å². The molecule has 0 aromatic rings. The Kier molecular flexibility index (Phi) is 3.53. The van der Waals surface area contributed by atoms with Gasteiger partial charge in [0.05, 0.1) is 5.25 Å². The fraction of sp³-hybridized carbons (Fsp3) is 1.00. The molecule has 2 fully saturated rings. The lowest BCUT2D eigenvalue weighted by molar-refractivity contribution is -0.0158. The standard InChI is InChI=1S/C10H20N2O3S/c1-2-10(13)11-5-7-12(8-6-11)16(14,15)9-3-4-9/h9-10,13H,2-8H2,1H3. The first-order valence-corrected chi connectivity index (χ1v) is 7.47. The Labute approximate surface area is 97.1 Å². The van der Waals surface area contributed by atoms with Crippen molar-refractivity contribution in [2.45, 2.75) is 37.7 Å². The first-order valence-electron chi connectivity index (χ1n) is 5.96. The lowest BCUT2D eigenvalue weighted by Gasteiger charge is -2.36. The van der Waals surface area contributed by atoms with E-state index in [1.54, 1.807) is 4.31 Å². The van der Waals surface area contributed by atoms with Crippen molar-refractivity contribution in [1.29, 1.82) is 0 Å². The van der Waals surface area contributed by atoms with Crippen molar-refractivity contribution in [3.05, 3.63) is 0 Å². The lowest BCUT2D eigenvalue weighted by atomic mass is 10.3. The topological polar surface area (TPSA) is 60.9 Å². The molecule has 5 nitrogen and oxygen atoms in total. The van der Waals surface area contributed by atoms with Crippen molar-refractivity contribution in [3.63, 3.8) is 0 Å². The van der Waals surface area contributed by atoms with Gasteiger partial charge in [-0.3, -0.25) is 4.90 Å². The fourth-order valence-corrected chi connectivity index (χ4v) is 3.92. The molecule has 2 aliphatic rings. The van der Waals surface area contributed by atoms with Crippen LogP contribution in [0.5, 0.6) is 0 Å². The van der Waals surface area contributed by atoms with Crippen molar-refractivity contribution in [2.75, 3.05) is 26.2 Å². The van der Waals surface area contributed by atoms with Crippen LogP contribution < -0.4 is 0 Å². The van der Waals surface area contributed by atoms with Crippen LogP contribution >= 0.6 is 0 Å². The smallest absolute Gasteiger partial charge is 0.217 e. The molecule has 1 saturated carbocycles. The summed E-state index contributed by atoms with van der Waals surface area (Å²) in [5, 5.41) is 9.54. The minimum Gasteiger partial charge on any atom is -0.378 e. The van der Waals surface area contributed by atoms with Crippen molar-refractivity contribution in [3.8, 4) is 0 Å². The third-order valence-electron chi connectivity index (χ3n) is 3.37. The van der Waals surface area contributed by atoms with Crippen molar-refractivity contribution in [1.82, 2.24) is 9.21 Å². The highest BCUT2D eigenvalue weighted by atomic mass is 32.2. The fourth-order valence-electron chi connectivity index (χ4n) is 2.09. The number of piperazine rings is 1. The quantitative estimate of drug-likeness (QED) is 0.750. The summed E-state index contributed by atoms with van der Waals surface area (Å²) < 4.78 is 25.5. The average molecular weight is 248 g/mol. The number of nitrogens with zero attached hydrogens (tertiary/aromatic N) is 2. The molecule has 2 rings (SSSR count). The molecule has 94 valence electrons. The highest BCUT2D eigenvalue weighted by molar-refractivity contribution is 7.90. The third kappa shape index (κ3) is 2.40. The molecule has 0 aromatic heterocycles. The monoisotopic (exact) mass is 248 g/mol. The zero-order valence-corrected chi connectivity index (χ0v) is 10.5. The molecule has 1 aliphatic carbocycles. The Morgan fingerprint density at radius 3 is 2.25 bits per heavy atom. The maximum atomic E-state index is 11.9. The van der Waals surface area contributed by atoms with Gasteiger partial charge in [-0.2, -0.15) is 4.31 Å². The van der Waals surface area contributed by atoms with E-state index >= 15 is 0 Å². The van der Waals surface area contributed by atoms with Crippen LogP contribution in [0.3, 0.4) is 0 Å². The van der Waals surface area contributed by atoms with E-state index in [1.165, 1.54) is 0 Å². The van der Waals surface area contributed by atoms with E-state index < -0.39 is 16.3 Å². The predicted octanol–water partition coefficient (Wildman–Crippen LogP) is -0.175. The molecule has 16 heavy (non-hydrogen) atoms. The van der Waals surface area contributed by atoms with Crippen LogP contribution in [0.4, 0.5) is 0 Å². The number of aliphatic hydroxyl groups excluding tert-OH is 1. The molecular formula is C10H20N2O3S. The number of sulfonamides is 1. The molecule has 0 bridgehead atoms. The molecule has 0 aromatic carbocycles. The normalized spacial score (nSPS) is 26.9.